The van der Waals surface area contributed by atoms with E-state index in [9.17, 15) is 4.79 Å². The van der Waals surface area contributed by atoms with Crippen molar-refractivity contribution in [1.82, 2.24) is 0 Å². The zero-order valence-electron chi connectivity index (χ0n) is 9.27. The molecule has 0 atom stereocenters. The van der Waals surface area contributed by atoms with E-state index in [-0.39, 0.29) is 5.97 Å². The van der Waals surface area contributed by atoms with E-state index >= 15 is 0 Å². The van der Waals surface area contributed by atoms with Crippen molar-refractivity contribution in [3.05, 3.63) is 48.1 Å². The molecular formula is C13H15NO2. The molecule has 0 fully saturated rings. The van der Waals surface area contributed by atoms with Crippen molar-refractivity contribution in [1.29, 1.82) is 0 Å². The molecule has 0 amide bonds. The van der Waals surface area contributed by atoms with Gasteiger partial charge in [0.1, 0.15) is 0 Å². The van der Waals surface area contributed by atoms with Crippen molar-refractivity contribution in [2.24, 2.45) is 0 Å². The van der Waals surface area contributed by atoms with E-state index in [2.05, 4.69) is 11.3 Å². The van der Waals surface area contributed by atoms with Gasteiger partial charge in [0.15, 0.2) is 0 Å². The Balaban J connectivity index is 2.98. The Kier molecular flexibility index (Phi) is 4.33. The maximum atomic E-state index is 11.0. The molecule has 0 saturated heterocycles. The van der Waals surface area contributed by atoms with Gasteiger partial charge < -0.3 is 10.5 Å². The minimum Gasteiger partial charge on any atom is -0.466 e. The van der Waals surface area contributed by atoms with Crippen LogP contribution in [0, 0.1) is 0 Å². The van der Waals surface area contributed by atoms with E-state index in [0.717, 1.165) is 11.1 Å². The van der Waals surface area contributed by atoms with Crippen LogP contribution < -0.4 is 5.73 Å². The predicted molar refractivity (Wildman–Crippen MR) is 65.8 cm³/mol. The number of allylic oxidation sites excluding steroid dienone is 1. The fraction of sp³-hybridized carbons (Fsp3) is 0.154. The maximum absolute atomic E-state index is 11.0. The van der Waals surface area contributed by atoms with Gasteiger partial charge in [0, 0.05) is 11.8 Å². The van der Waals surface area contributed by atoms with Gasteiger partial charge in [0.25, 0.3) is 0 Å². The highest BCUT2D eigenvalue weighted by atomic mass is 16.5. The summed E-state index contributed by atoms with van der Waals surface area (Å²) in [4.78, 5) is 11.0. The van der Waals surface area contributed by atoms with Crippen molar-refractivity contribution >= 4 is 17.7 Å². The summed E-state index contributed by atoms with van der Waals surface area (Å²) >= 11 is 0. The number of nitrogens with two attached hydrogens (primary N) is 1. The first-order valence-electron chi connectivity index (χ1n) is 4.92. The molecule has 0 aliphatic carbocycles. The number of anilines is 1. The Morgan fingerprint density at radius 1 is 1.56 bits per heavy atom. The summed E-state index contributed by atoms with van der Waals surface area (Å²) in [6, 6.07) is 5.54. The molecule has 0 spiro atoms. The second kappa shape index (κ2) is 5.75. The van der Waals surface area contributed by atoms with Gasteiger partial charge in [-0.1, -0.05) is 12.1 Å². The standard InChI is InChI=1S/C13H15NO2/c1-3-4-11-9-12(14)7-5-10(11)6-8-13(15)16-2/h3,5-9H,1,4,14H2,2H3/b8-6+. The summed E-state index contributed by atoms with van der Waals surface area (Å²) in [6.45, 7) is 3.68. The minimum absolute atomic E-state index is 0.374. The van der Waals surface area contributed by atoms with Gasteiger partial charge in [-0.2, -0.15) is 0 Å². The average Bonchev–Trinajstić information content (AvgIpc) is 2.28. The van der Waals surface area contributed by atoms with Crippen LogP contribution in [-0.2, 0) is 16.0 Å². The highest BCUT2D eigenvalue weighted by Gasteiger charge is 1.99. The summed E-state index contributed by atoms with van der Waals surface area (Å²) < 4.78 is 4.52. The fourth-order valence-electron chi connectivity index (χ4n) is 1.35. The van der Waals surface area contributed by atoms with Crippen LogP contribution in [-0.4, -0.2) is 13.1 Å². The summed E-state index contributed by atoms with van der Waals surface area (Å²) in [7, 11) is 1.35. The molecule has 2 N–H and O–H groups in total. The SMILES string of the molecule is C=CCc1cc(N)ccc1/C=C/C(=O)OC. The third kappa shape index (κ3) is 3.28. The van der Waals surface area contributed by atoms with Crippen LogP contribution in [0.25, 0.3) is 6.08 Å². The van der Waals surface area contributed by atoms with Gasteiger partial charge in [-0.3, -0.25) is 0 Å². The molecule has 0 saturated carbocycles. The van der Waals surface area contributed by atoms with Crippen LogP contribution in [0.2, 0.25) is 0 Å². The summed E-state index contributed by atoms with van der Waals surface area (Å²) in [6.07, 6.45) is 5.61. The zero-order chi connectivity index (χ0) is 12.0. The Bertz CT molecular complexity index is 422. The van der Waals surface area contributed by atoms with Gasteiger partial charge in [0.05, 0.1) is 7.11 Å². The molecule has 3 nitrogen and oxygen atoms in total. The van der Waals surface area contributed by atoms with Gasteiger partial charge in [-0.25, -0.2) is 4.79 Å². The molecule has 0 bridgehead atoms. The lowest BCUT2D eigenvalue weighted by atomic mass is 10.0. The highest BCUT2D eigenvalue weighted by molar-refractivity contribution is 5.87. The Morgan fingerprint density at radius 3 is 2.94 bits per heavy atom. The lowest BCUT2D eigenvalue weighted by molar-refractivity contribution is -0.134. The third-order valence-corrected chi connectivity index (χ3v) is 2.13. The number of nitrogen functional groups attached to an aromatic ring is 1. The van der Waals surface area contributed by atoms with Crippen molar-refractivity contribution in [3.8, 4) is 0 Å². The van der Waals surface area contributed by atoms with E-state index in [1.165, 1.54) is 13.2 Å². The Labute approximate surface area is 95.2 Å². The number of benzene rings is 1. The second-order valence-corrected chi connectivity index (χ2v) is 3.31. The van der Waals surface area contributed by atoms with E-state index in [1.807, 2.05) is 12.1 Å². The number of hydrogen-bond donors (Lipinski definition) is 1. The Morgan fingerprint density at radius 2 is 2.31 bits per heavy atom. The summed E-state index contributed by atoms with van der Waals surface area (Å²) in [5.41, 5.74) is 8.37. The smallest absolute Gasteiger partial charge is 0.330 e. The quantitative estimate of drug-likeness (QED) is 0.364. The lowest BCUT2D eigenvalue weighted by Crippen LogP contribution is -1.95. The first-order chi connectivity index (χ1) is 7.67. The van der Waals surface area contributed by atoms with Crippen molar-refractivity contribution in [3.63, 3.8) is 0 Å². The monoisotopic (exact) mass is 217 g/mol. The van der Waals surface area contributed by atoms with E-state index in [0.29, 0.717) is 12.1 Å². The van der Waals surface area contributed by atoms with Crippen molar-refractivity contribution in [2.45, 2.75) is 6.42 Å². The van der Waals surface area contributed by atoms with Crippen LogP contribution >= 0.6 is 0 Å². The lowest BCUT2D eigenvalue weighted by Gasteiger charge is -2.04. The molecule has 1 rings (SSSR count). The van der Waals surface area contributed by atoms with Crippen LogP contribution in [0.5, 0.6) is 0 Å². The second-order valence-electron chi connectivity index (χ2n) is 3.31. The molecule has 0 aliphatic heterocycles. The maximum Gasteiger partial charge on any atom is 0.330 e. The topological polar surface area (TPSA) is 52.3 Å². The van der Waals surface area contributed by atoms with Gasteiger partial charge in [0.2, 0.25) is 0 Å². The molecule has 0 unspecified atom stereocenters. The molecule has 16 heavy (non-hydrogen) atoms. The van der Waals surface area contributed by atoms with Crippen molar-refractivity contribution < 1.29 is 9.53 Å². The zero-order valence-corrected chi connectivity index (χ0v) is 9.27. The van der Waals surface area contributed by atoms with E-state index in [1.54, 1.807) is 18.2 Å². The molecule has 84 valence electrons. The fourth-order valence-corrected chi connectivity index (χ4v) is 1.35. The molecule has 1 aromatic carbocycles. The third-order valence-electron chi connectivity index (χ3n) is 2.13. The number of rotatable bonds is 4. The van der Waals surface area contributed by atoms with E-state index < -0.39 is 0 Å². The number of ether oxygens (including phenoxy) is 1. The van der Waals surface area contributed by atoms with Crippen LogP contribution in [0.15, 0.2) is 36.9 Å². The molecule has 3 heteroatoms. The molecule has 1 aromatic rings. The summed E-state index contributed by atoms with van der Waals surface area (Å²) in [5, 5.41) is 0. The van der Waals surface area contributed by atoms with Crippen LogP contribution in [0.1, 0.15) is 11.1 Å². The minimum atomic E-state index is -0.374. The number of carbonyl (C=O) groups excluding carboxylic acids is 1. The van der Waals surface area contributed by atoms with Gasteiger partial charge >= 0.3 is 5.97 Å². The van der Waals surface area contributed by atoms with E-state index in [4.69, 9.17) is 5.73 Å². The van der Waals surface area contributed by atoms with Crippen LogP contribution in [0.4, 0.5) is 5.69 Å². The number of methoxy groups -OCH3 is 1. The normalized spacial score (nSPS) is 10.3. The largest absolute Gasteiger partial charge is 0.466 e. The summed E-state index contributed by atoms with van der Waals surface area (Å²) in [5.74, 6) is -0.374. The molecule has 0 aromatic heterocycles. The molecular weight excluding hydrogens is 202 g/mol. The van der Waals surface area contributed by atoms with Gasteiger partial charge in [-0.05, 0) is 35.8 Å². The molecule has 0 radical (unpaired) electrons. The number of esters is 1. The first kappa shape index (κ1) is 12.0. The molecule has 0 heterocycles. The number of carbonyl (C=O) groups is 1. The number of hydrogen-bond acceptors (Lipinski definition) is 3. The van der Waals surface area contributed by atoms with Crippen molar-refractivity contribution in [2.75, 3.05) is 12.8 Å². The highest BCUT2D eigenvalue weighted by Crippen LogP contribution is 2.16. The molecule has 0 aliphatic rings. The average molecular weight is 217 g/mol. The van der Waals surface area contributed by atoms with Gasteiger partial charge in [-0.15, -0.1) is 6.58 Å². The first-order valence-corrected chi connectivity index (χ1v) is 4.92. The van der Waals surface area contributed by atoms with Crippen LogP contribution in [0.3, 0.4) is 0 Å². The predicted octanol–water partition coefficient (Wildman–Crippen LogP) is 2.18. The Hall–Kier alpha value is -2.03.